The summed E-state index contributed by atoms with van der Waals surface area (Å²) in [5.74, 6) is -0.0141. The van der Waals surface area contributed by atoms with Crippen LogP contribution in [-0.4, -0.2) is 26.9 Å². The lowest BCUT2D eigenvalue weighted by Gasteiger charge is -2.23. The van der Waals surface area contributed by atoms with Crippen molar-refractivity contribution in [3.63, 3.8) is 0 Å². The largest absolute Gasteiger partial charge is 0.304 e. The van der Waals surface area contributed by atoms with Gasteiger partial charge >= 0.3 is 0 Å². The van der Waals surface area contributed by atoms with Crippen LogP contribution in [0.5, 0.6) is 0 Å². The van der Waals surface area contributed by atoms with Gasteiger partial charge in [-0.15, -0.1) is 11.3 Å². The highest BCUT2D eigenvalue weighted by Gasteiger charge is 2.32. The lowest BCUT2D eigenvalue weighted by atomic mass is 10.1. The van der Waals surface area contributed by atoms with Crippen molar-refractivity contribution >= 4 is 48.7 Å². The minimum absolute atomic E-state index is 0.0141. The third-order valence-electron chi connectivity index (χ3n) is 6.32. The summed E-state index contributed by atoms with van der Waals surface area (Å²) in [5, 5.41) is 0.864. The normalized spacial score (nSPS) is 15.5. The quantitative estimate of drug-likeness (QED) is 0.344. The van der Waals surface area contributed by atoms with Crippen molar-refractivity contribution in [3.05, 3.63) is 88.8 Å². The van der Waals surface area contributed by atoms with Gasteiger partial charge in [-0.3, -0.25) is 9.10 Å². The third kappa shape index (κ3) is 3.79. The van der Waals surface area contributed by atoms with E-state index in [1.807, 2.05) is 61.2 Å². The van der Waals surface area contributed by atoms with Gasteiger partial charge in [-0.05, 0) is 80.6 Å². The zero-order valence-electron chi connectivity index (χ0n) is 19.4. The SMILES string of the molecule is CCN(c1ccc2sc(C(=O)N3c4ccccc4CC3C)cc2c1)S(=O)(=O)c1ccc(C)cc1. The number of hydrogen-bond acceptors (Lipinski definition) is 4. The van der Waals surface area contributed by atoms with E-state index in [4.69, 9.17) is 0 Å². The first kappa shape index (κ1) is 22.6. The van der Waals surface area contributed by atoms with Crippen molar-refractivity contribution in [2.75, 3.05) is 15.7 Å². The van der Waals surface area contributed by atoms with Crippen LogP contribution in [0.3, 0.4) is 0 Å². The number of fused-ring (bicyclic) bond motifs is 2. The van der Waals surface area contributed by atoms with Crippen LogP contribution in [0.2, 0.25) is 0 Å². The van der Waals surface area contributed by atoms with Crippen molar-refractivity contribution in [2.45, 2.75) is 38.1 Å². The van der Waals surface area contributed by atoms with E-state index in [0.29, 0.717) is 17.1 Å². The summed E-state index contributed by atoms with van der Waals surface area (Å²) >= 11 is 1.44. The van der Waals surface area contributed by atoms with Crippen molar-refractivity contribution < 1.29 is 13.2 Å². The average Bonchev–Trinajstić information content (AvgIpc) is 3.39. The number of aryl methyl sites for hydroxylation is 1. The first-order valence-electron chi connectivity index (χ1n) is 11.3. The molecular weight excluding hydrogens is 464 g/mol. The highest BCUT2D eigenvalue weighted by Crippen LogP contribution is 2.36. The van der Waals surface area contributed by atoms with Crippen molar-refractivity contribution in [1.29, 1.82) is 0 Å². The number of rotatable bonds is 5. The molecule has 1 atom stereocenters. The summed E-state index contributed by atoms with van der Waals surface area (Å²) in [5.41, 5.74) is 3.76. The lowest BCUT2D eigenvalue weighted by molar-refractivity contribution is 0.0985. The summed E-state index contributed by atoms with van der Waals surface area (Å²) in [6.45, 7) is 6.13. The van der Waals surface area contributed by atoms with Gasteiger partial charge in [0.1, 0.15) is 0 Å². The van der Waals surface area contributed by atoms with E-state index in [2.05, 4.69) is 13.0 Å². The minimum atomic E-state index is -3.69. The molecule has 3 aromatic carbocycles. The number of anilines is 2. The second-order valence-electron chi connectivity index (χ2n) is 8.67. The highest BCUT2D eigenvalue weighted by atomic mass is 32.2. The van der Waals surface area contributed by atoms with E-state index in [0.717, 1.165) is 27.8 Å². The van der Waals surface area contributed by atoms with E-state index < -0.39 is 10.0 Å². The fourth-order valence-electron chi connectivity index (χ4n) is 4.61. The summed E-state index contributed by atoms with van der Waals surface area (Å²) in [6, 6.07) is 22.5. The lowest BCUT2D eigenvalue weighted by Crippen LogP contribution is -2.35. The Kier molecular flexibility index (Phi) is 5.70. The molecule has 0 saturated heterocycles. The fraction of sp³-hybridized carbons (Fsp3) is 0.222. The number of nitrogens with zero attached hydrogens (tertiary/aromatic N) is 2. The van der Waals surface area contributed by atoms with Gasteiger partial charge in [-0.25, -0.2) is 8.42 Å². The molecule has 0 radical (unpaired) electrons. The van der Waals surface area contributed by atoms with Crippen LogP contribution < -0.4 is 9.21 Å². The monoisotopic (exact) mass is 490 g/mol. The van der Waals surface area contributed by atoms with Crippen LogP contribution in [0.4, 0.5) is 11.4 Å². The molecule has 7 heteroatoms. The van der Waals surface area contributed by atoms with Gasteiger partial charge in [-0.1, -0.05) is 35.9 Å². The molecule has 1 aliphatic heterocycles. The molecule has 0 fully saturated rings. The van der Waals surface area contributed by atoms with Gasteiger partial charge in [-0.2, -0.15) is 0 Å². The maximum atomic E-state index is 13.5. The molecular formula is C27H26N2O3S2. The predicted octanol–water partition coefficient (Wildman–Crippen LogP) is 6.02. The molecule has 5 rings (SSSR count). The van der Waals surface area contributed by atoms with Gasteiger partial charge in [0, 0.05) is 23.0 Å². The molecule has 1 amide bonds. The van der Waals surface area contributed by atoms with Gasteiger partial charge in [0.25, 0.3) is 15.9 Å². The number of para-hydroxylation sites is 1. The highest BCUT2D eigenvalue weighted by molar-refractivity contribution is 7.92. The third-order valence-corrected chi connectivity index (χ3v) is 9.34. The molecule has 1 unspecified atom stereocenters. The van der Waals surface area contributed by atoms with E-state index in [-0.39, 0.29) is 16.8 Å². The summed E-state index contributed by atoms with van der Waals surface area (Å²) in [7, 11) is -3.69. The number of benzene rings is 3. The van der Waals surface area contributed by atoms with E-state index >= 15 is 0 Å². The molecule has 1 aromatic heterocycles. The summed E-state index contributed by atoms with van der Waals surface area (Å²) < 4.78 is 29.0. The molecule has 34 heavy (non-hydrogen) atoms. The molecule has 2 heterocycles. The molecule has 1 aliphatic rings. The van der Waals surface area contributed by atoms with Crippen LogP contribution in [-0.2, 0) is 16.4 Å². The molecule has 5 nitrogen and oxygen atoms in total. The topological polar surface area (TPSA) is 57.7 Å². The molecule has 0 bridgehead atoms. The first-order chi connectivity index (χ1) is 16.3. The van der Waals surface area contributed by atoms with Gasteiger partial charge in [0.15, 0.2) is 0 Å². The predicted molar refractivity (Wildman–Crippen MR) is 140 cm³/mol. The van der Waals surface area contributed by atoms with Gasteiger partial charge in [0.2, 0.25) is 0 Å². The Hall–Kier alpha value is -3.16. The van der Waals surface area contributed by atoms with Crippen LogP contribution in [0, 0.1) is 6.92 Å². The number of carbonyl (C=O) groups is 1. The minimum Gasteiger partial charge on any atom is -0.304 e. The zero-order valence-corrected chi connectivity index (χ0v) is 21.0. The second-order valence-corrected chi connectivity index (χ2v) is 11.6. The number of sulfonamides is 1. The Balaban J connectivity index is 1.49. The van der Waals surface area contributed by atoms with E-state index in [1.54, 1.807) is 24.3 Å². The molecule has 0 aliphatic carbocycles. The maximum Gasteiger partial charge on any atom is 0.268 e. The van der Waals surface area contributed by atoms with Crippen LogP contribution >= 0.6 is 11.3 Å². The Bertz CT molecular complexity index is 1490. The van der Waals surface area contributed by atoms with E-state index in [9.17, 15) is 13.2 Å². The van der Waals surface area contributed by atoms with E-state index in [1.165, 1.54) is 21.2 Å². The standard InChI is InChI=1S/C27H26N2O3S2/c1-4-28(34(31,32)23-12-9-18(2)10-13-23)22-11-14-25-21(16-22)17-26(33-25)27(30)29-19(3)15-20-7-5-6-8-24(20)29/h5-14,16-17,19H,4,15H2,1-3H3. The second kappa shape index (κ2) is 8.56. The molecule has 0 N–H and O–H groups in total. The number of amides is 1. The van der Waals surface area contributed by atoms with Crippen LogP contribution in [0.25, 0.3) is 10.1 Å². The van der Waals surface area contributed by atoms with Crippen LogP contribution in [0.1, 0.15) is 34.6 Å². The Morgan fingerprint density at radius 2 is 1.79 bits per heavy atom. The zero-order chi connectivity index (χ0) is 24.0. The number of thiophene rings is 1. The van der Waals surface area contributed by atoms with Gasteiger partial charge < -0.3 is 4.90 Å². The van der Waals surface area contributed by atoms with Crippen molar-refractivity contribution in [2.24, 2.45) is 0 Å². The first-order valence-corrected chi connectivity index (χ1v) is 13.6. The van der Waals surface area contributed by atoms with Gasteiger partial charge in [0.05, 0.1) is 15.5 Å². The Morgan fingerprint density at radius 1 is 1.06 bits per heavy atom. The van der Waals surface area contributed by atoms with Crippen molar-refractivity contribution in [1.82, 2.24) is 0 Å². The Morgan fingerprint density at radius 3 is 2.53 bits per heavy atom. The molecule has 0 spiro atoms. The number of hydrogen-bond donors (Lipinski definition) is 0. The van der Waals surface area contributed by atoms with Crippen LogP contribution in [0.15, 0.2) is 77.7 Å². The molecule has 0 saturated carbocycles. The molecule has 174 valence electrons. The summed E-state index contributed by atoms with van der Waals surface area (Å²) in [6.07, 6.45) is 0.847. The Labute approximate surface area is 204 Å². The number of carbonyl (C=O) groups excluding carboxylic acids is 1. The smallest absolute Gasteiger partial charge is 0.268 e. The van der Waals surface area contributed by atoms with Crippen molar-refractivity contribution in [3.8, 4) is 0 Å². The molecule has 4 aromatic rings. The maximum absolute atomic E-state index is 13.5. The average molecular weight is 491 g/mol. The summed E-state index contributed by atoms with van der Waals surface area (Å²) in [4.78, 5) is 16.3. The fourth-order valence-corrected chi connectivity index (χ4v) is 7.06.